The van der Waals surface area contributed by atoms with Gasteiger partial charge in [0, 0.05) is 61.6 Å². The number of aromatic carboxylic acids is 1. The van der Waals surface area contributed by atoms with Crippen molar-refractivity contribution in [3.05, 3.63) is 39.4 Å². The molecule has 0 spiro atoms. The van der Waals surface area contributed by atoms with Gasteiger partial charge in [0.05, 0.1) is 36.1 Å². The molecule has 10 nitrogen and oxygen atoms in total. The van der Waals surface area contributed by atoms with E-state index in [4.69, 9.17) is 10.5 Å². The number of aromatic nitrogens is 1. The number of hydrogen-bond acceptors (Lipinski definition) is 7. The highest BCUT2D eigenvalue weighted by molar-refractivity contribution is 5.95. The van der Waals surface area contributed by atoms with Gasteiger partial charge in [0.2, 0.25) is 5.43 Å². The topological polar surface area (TPSA) is 139 Å². The molecule has 47 heavy (non-hydrogen) atoms. The summed E-state index contributed by atoms with van der Waals surface area (Å²) in [7, 11) is 0. The fourth-order valence-corrected chi connectivity index (χ4v) is 8.43. The van der Waals surface area contributed by atoms with Crippen LogP contribution in [0.4, 0.5) is 28.0 Å². The maximum absolute atomic E-state index is 15.2. The van der Waals surface area contributed by atoms with Crippen molar-refractivity contribution in [1.29, 1.82) is 0 Å². The van der Waals surface area contributed by atoms with E-state index in [1.807, 2.05) is 20.8 Å². The fraction of sp³-hybridized carbons (Fsp3) is 0.667. The van der Waals surface area contributed by atoms with Crippen molar-refractivity contribution >= 4 is 28.7 Å². The minimum absolute atomic E-state index is 0.0766. The highest BCUT2D eigenvalue weighted by atomic mass is 19.1. The summed E-state index contributed by atoms with van der Waals surface area (Å²) in [5.41, 5.74) is 4.76. The molecule has 8 atom stereocenters. The van der Waals surface area contributed by atoms with E-state index in [1.165, 1.54) is 4.57 Å². The molecule has 2 aliphatic heterocycles. The quantitative estimate of drug-likeness (QED) is 0.340. The van der Waals surface area contributed by atoms with Gasteiger partial charge in [-0.1, -0.05) is 0 Å². The van der Waals surface area contributed by atoms with E-state index in [0.29, 0.717) is 43.6 Å². The van der Waals surface area contributed by atoms with E-state index in [1.54, 1.807) is 11.8 Å². The van der Waals surface area contributed by atoms with Crippen molar-refractivity contribution in [2.24, 2.45) is 29.4 Å². The van der Waals surface area contributed by atoms with Crippen LogP contribution in [0.3, 0.4) is 0 Å². The molecule has 2 aromatic rings. The van der Waals surface area contributed by atoms with Crippen LogP contribution in [-0.2, 0) is 4.74 Å². The number of carbonyl (C=O) groups is 2. The number of alkyl carbamates (subject to hydrolysis) is 1. The molecule has 3 saturated carbocycles. The van der Waals surface area contributed by atoms with Gasteiger partial charge >= 0.3 is 12.1 Å². The minimum Gasteiger partial charge on any atom is -0.477 e. The smallest absolute Gasteiger partial charge is 0.408 e. The average molecular weight is 666 g/mol. The number of nitrogens with two attached hydrogens (primary N) is 1. The van der Waals surface area contributed by atoms with Crippen molar-refractivity contribution in [2.45, 2.75) is 75.8 Å². The molecule has 3 heterocycles. The van der Waals surface area contributed by atoms with Crippen molar-refractivity contribution in [3.63, 3.8) is 0 Å². The lowest BCUT2D eigenvalue weighted by atomic mass is 9.61. The lowest BCUT2D eigenvalue weighted by Gasteiger charge is -2.50. The van der Waals surface area contributed by atoms with Crippen LogP contribution in [0.15, 0.2) is 17.1 Å². The molecule has 14 heteroatoms. The monoisotopic (exact) mass is 665 g/mol. The summed E-state index contributed by atoms with van der Waals surface area (Å²) in [5, 5.41) is 15.4. The number of anilines is 1. The van der Waals surface area contributed by atoms with E-state index >= 15 is 4.39 Å². The summed E-state index contributed by atoms with van der Waals surface area (Å²) in [6.07, 6.45) is 1.06. The van der Waals surface area contributed by atoms with Gasteiger partial charge in [-0.05, 0) is 64.0 Å². The Morgan fingerprint density at radius 3 is 2.45 bits per heavy atom. The van der Waals surface area contributed by atoms with Crippen LogP contribution in [0.5, 0.6) is 0 Å². The van der Waals surface area contributed by atoms with Gasteiger partial charge < -0.3 is 35.7 Å². The number of nitrogens with zero attached hydrogens (tertiary/aromatic N) is 2. The second-order valence-electron chi connectivity index (χ2n) is 15.1. The first-order valence-electron chi connectivity index (χ1n) is 16.2. The van der Waals surface area contributed by atoms with Crippen LogP contribution in [0.2, 0.25) is 0 Å². The number of hydrogen-bond donors (Lipinski definition) is 4. The summed E-state index contributed by atoms with van der Waals surface area (Å²) >= 11 is 0. The maximum atomic E-state index is 15.2. The van der Waals surface area contributed by atoms with Crippen LogP contribution in [0.25, 0.3) is 10.9 Å². The average Bonchev–Trinajstić information content (AvgIpc) is 3.53. The number of carboxylic acid groups (broad SMARTS) is 1. The molecule has 2 saturated heterocycles. The van der Waals surface area contributed by atoms with E-state index in [9.17, 15) is 32.7 Å². The molecule has 1 aromatic carbocycles. The molecule has 1 amide bonds. The Hall–Kier alpha value is -3.39. The van der Waals surface area contributed by atoms with Gasteiger partial charge in [0.25, 0.3) is 0 Å². The van der Waals surface area contributed by atoms with Gasteiger partial charge in [-0.15, -0.1) is 0 Å². The number of alkyl halides is 3. The van der Waals surface area contributed by atoms with Crippen LogP contribution in [0, 0.1) is 36.4 Å². The first-order valence-corrected chi connectivity index (χ1v) is 16.2. The third-order valence-corrected chi connectivity index (χ3v) is 10.8. The summed E-state index contributed by atoms with van der Waals surface area (Å²) in [6.45, 7) is 8.64. The van der Waals surface area contributed by atoms with Crippen LogP contribution in [0.1, 0.15) is 62.0 Å². The summed E-state index contributed by atoms with van der Waals surface area (Å²) in [6, 6.07) is 0.448. The van der Waals surface area contributed by atoms with Crippen LogP contribution in [-0.4, -0.2) is 84.1 Å². The molecule has 5 aliphatic rings. The number of halogens is 4. The summed E-state index contributed by atoms with van der Waals surface area (Å²) < 4.78 is 61.7. The molecule has 258 valence electrons. The second kappa shape index (κ2) is 11.6. The van der Waals surface area contributed by atoms with Gasteiger partial charge in [0.1, 0.15) is 23.2 Å². The zero-order chi connectivity index (χ0) is 34.2. The second-order valence-corrected chi connectivity index (χ2v) is 15.1. The van der Waals surface area contributed by atoms with Gasteiger partial charge in [0.15, 0.2) is 0 Å². The first-order chi connectivity index (χ1) is 22.0. The molecular weight excluding hydrogens is 622 g/mol. The Labute approximate surface area is 270 Å². The van der Waals surface area contributed by atoms with Crippen molar-refractivity contribution in [1.82, 2.24) is 15.2 Å². The Balaban J connectivity index is 0.000000193. The van der Waals surface area contributed by atoms with E-state index < -0.39 is 58.9 Å². The molecule has 1 aromatic heterocycles. The van der Waals surface area contributed by atoms with Crippen molar-refractivity contribution < 1.29 is 37.0 Å². The first kappa shape index (κ1) is 33.5. The Morgan fingerprint density at radius 1 is 1.19 bits per heavy atom. The van der Waals surface area contributed by atoms with E-state index in [0.717, 1.165) is 18.8 Å². The van der Waals surface area contributed by atoms with E-state index in [-0.39, 0.29) is 53.4 Å². The Morgan fingerprint density at radius 2 is 1.85 bits per heavy atom. The highest BCUT2D eigenvalue weighted by Gasteiger charge is 2.58. The van der Waals surface area contributed by atoms with Gasteiger partial charge in [-0.2, -0.15) is 0 Å². The number of amides is 1. The van der Waals surface area contributed by atoms with Gasteiger partial charge in [-0.25, -0.2) is 18.4 Å². The molecule has 5 N–H and O–H groups in total. The Bertz CT molecular complexity index is 1660. The summed E-state index contributed by atoms with van der Waals surface area (Å²) in [4.78, 5) is 37.7. The SMILES string of the molecule is CC(C)(C)OC(=O)N[C@]12CNC[C@H]1C(CF)C2.Cc1c(N2C[C@H]3C(CF)C[C@@]3(N)C2)c(F)cc2c(=O)c(C(=O)O)cn([C@@H]3C[C@@H]3F)c12. The molecule has 0 bridgehead atoms. The normalized spacial score (nSPS) is 33.6. The minimum atomic E-state index is -1.44. The molecule has 0 radical (unpaired) electrons. The zero-order valence-corrected chi connectivity index (χ0v) is 27.0. The number of nitrogens with one attached hydrogen (secondary N) is 2. The number of pyridine rings is 1. The molecular formula is C33H43F4N5O5. The van der Waals surface area contributed by atoms with Crippen molar-refractivity contribution in [2.75, 3.05) is 44.4 Å². The third kappa shape index (κ3) is 5.74. The highest BCUT2D eigenvalue weighted by Crippen LogP contribution is 2.50. The molecule has 2 unspecified atom stereocenters. The number of rotatable bonds is 6. The van der Waals surface area contributed by atoms with Gasteiger partial charge in [-0.3, -0.25) is 13.6 Å². The molecule has 3 aliphatic carbocycles. The number of benzene rings is 1. The summed E-state index contributed by atoms with van der Waals surface area (Å²) in [5.74, 6) is -2.03. The number of carbonyl (C=O) groups excluding carboxylic acids is 1. The number of ether oxygens (including phenoxy) is 1. The number of aryl methyl sites for hydroxylation is 1. The zero-order valence-electron chi connectivity index (χ0n) is 27.0. The largest absolute Gasteiger partial charge is 0.477 e. The lowest BCUT2D eigenvalue weighted by molar-refractivity contribution is 0.00569. The Kier molecular flexibility index (Phi) is 8.30. The molecule has 5 fully saturated rings. The number of fused-ring (bicyclic) bond motifs is 3. The standard InChI is InChI=1S/C21H22F3N3O3.C12H21FN2O2/c1-9-17-11(19(28)12(20(29)30)6-27(17)16-3-14(16)23)2-15(24)18(9)26-7-13-10(5-22)4-21(13,25)8-26;1-11(2,3)17-10(16)15-12-4-8(5-13)9(12)6-14-7-12/h2,6,10,13-14,16H,3-5,7-8,25H2,1H3,(H,29,30);8-9,14H,4-7H2,1-3H3,(H,15,16)/t10?,13-,14-,16+,21+;8?,9-,12+/m00/s1. The van der Waals surface area contributed by atoms with Crippen LogP contribution < -0.4 is 26.7 Å². The maximum Gasteiger partial charge on any atom is 0.408 e. The lowest BCUT2D eigenvalue weighted by Crippen LogP contribution is -2.65. The molecule has 7 rings (SSSR count). The third-order valence-electron chi connectivity index (χ3n) is 10.8. The predicted octanol–water partition coefficient (Wildman–Crippen LogP) is 4.01. The predicted molar refractivity (Wildman–Crippen MR) is 168 cm³/mol. The van der Waals surface area contributed by atoms with E-state index in [2.05, 4.69) is 10.6 Å². The fourth-order valence-electron chi connectivity index (χ4n) is 8.43. The number of carboxylic acids is 1. The van der Waals surface area contributed by atoms with Crippen molar-refractivity contribution in [3.8, 4) is 0 Å². The van der Waals surface area contributed by atoms with Crippen LogP contribution >= 0.6 is 0 Å².